The average Bonchev–Trinajstić information content (AvgIpc) is 3.03. The van der Waals surface area contributed by atoms with E-state index in [1.165, 1.54) is 37.8 Å². The molecule has 0 bridgehead atoms. The maximum Gasteiger partial charge on any atom is 0.0490 e. The lowest BCUT2D eigenvalue weighted by Gasteiger charge is -2.12. The highest BCUT2D eigenvalue weighted by Gasteiger charge is 2.37. The van der Waals surface area contributed by atoms with Crippen molar-refractivity contribution in [3.05, 3.63) is 23.9 Å². The van der Waals surface area contributed by atoms with Crippen LogP contribution in [0.25, 0.3) is 0 Å². The zero-order valence-electron chi connectivity index (χ0n) is 7.79. The van der Waals surface area contributed by atoms with Crippen LogP contribution in [0.5, 0.6) is 0 Å². The van der Waals surface area contributed by atoms with Gasteiger partial charge in [0.2, 0.25) is 0 Å². The van der Waals surface area contributed by atoms with Crippen LogP contribution in [-0.2, 0) is 0 Å². The summed E-state index contributed by atoms with van der Waals surface area (Å²) in [4.78, 5) is 0. The molecule has 1 aromatic rings. The second-order valence-corrected chi connectivity index (χ2v) is 4.42. The van der Waals surface area contributed by atoms with Crippen molar-refractivity contribution in [3.8, 4) is 0 Å². The first-order valence-electron chi connectivity index (χ1n) is 5.29. The van der Waals surface area contributed by atoms with Crippen LogP contribution in [-0.4, -0.2) is 10.2 Å². The molecule has 1 aromatic heterocycles. The van der Waals surface area contributed by atoms with Gasteiger partial charge in [-0.3, -0.25) is 5.10 Å². The Bertz CT molecular complexity index is 270. The third-order valence-electron chi connectivity index (χ3n) is 3.12. The molecule has 2 heteroatoms. The van der Waals surface area contributed by atoms with E-state index in [9.17, 15) is 0 Å². The van der Waals surface area contributed by atoms with Crippen LogP contribution in [0.2, 0.25) is 0 Å². The maximum absolute atomic E-state index is 4.04. The normalized spacial score (nSPS) is 22.5. The summed E-state index contributed by atoms with van der Waals surface area (Å²) in [6.07, 6.45) is 8.90. The molecule has 0 atom stereocenters. The lowest BCUT2D eigenvalue weighted by Crippen LogP contribution is -2.04. The number of hydrogen-bond donors (Lipinski definition) is 1. The van der Waals surface area contributed by atoms with Gasteiger partial charge in [-0.05, 0) is 37.2 Å². The molecule has 2 saturated carbocycles. The van der Waals surface area contributed by atoms with Crippen LogP contribution in [0.1, 0.15) is 37.8 Å². The van der Waals surface area contributed by atoms with Crippen molar-refractivity contribution >= 4 is 0 Å². The van der Waals surface area contributed by atoms with Crippen molar-refractivity contribution in [2.24, 2.45) is 11.8 Å². The Morgan fingerprint density at radius 1 is 1.38 bits per heavy atom. The second kappa shape index (κ2) is 2.86. The summed E-state index contributed by atoms with van der Waals surface area (Å²) >= 11 is 0. The van der Waals surface area contributed by atoms with Crippen molar-refractivity contribution in [1.82, 2.24) is 10.2 Å². The van der Waals surface area contributed by atoms with E-state index in [0.717, 1.165) is 11.8 Å². The largest absolute Gasteiger partial charge is 0.282 e. The summed E-state index contributed by atoms with van der Waals surface area (Å²) in [6, 6.07) is 2.12. The molecule has 0 amide bonds. The lowest BCUT2D eigenvalue weighted by atomic mass is 9.93. The number of rotatable bonds is 4. The molecule has 13 heavy (non-hydrogen) atoms. The van der Waals surface area contributed by atoms with Gasteiger partial charge >= 0.3 is 0 Å². The Balaban J connectivity index is 1.73. The highest BCUT2D eigenvalue weighted by atomic mass is 15.1. The van der Waals surface area contributed by atoms with Crippen LogP contribution in [0.4, 0.5) is 0 Å². The summed E-state index contributed by atoms with van der Waals surface area (Å²) < 4.78 is 0. The summed E-state index contributed by atoms with van der Waals surface area (Å²) in [7, 11) is 0. The third-order valence-corrected chi connectivity index (χ3v) is 3.12. The van der Waals surface area contributed by atoms with E-state index in [0.29, 0.717) is 0 Å². The van der Waals surface area contributed by atoms with Gasteiger partial charge in [-0.2, -0.15) is 5.10 Å². The second-order valence-electron chi connectivity index (χ2n) is 4.42. The topological polar surface area (TPSA) is 28.7 Å². The molecule has 3 rings (SSSR count). The predicted molar refractivity (Wildman–Crippen MR) is 51.0 cm³/mol. The quantitative estimate of drug-likeness (QED) is 0.748. The number of nitrogens with one attached hydrogen (secondary N) is 1. The van der Waals surface area contributed by atoms with Gasteiger partial charge < -0.3 is 0 Å². The van der Waals surface area contributed by atoms with Crippen molar-refractivity contribution in [3.63, 3.8) is 0 Å². The first-order valence-corrected chi connectivity index (χ1v) is 5.29. The minimum atomic E-state index is 0.890. The maximum atomic E-state index is 4.04. The molecular weight excluding hydrogens is 160 g/mol. The van der Waals surface area contributed by atoms with Gasteiger partial charge in [0.25, 0.3) is 0 Å². The zero-order chi connectivity index (χ0) is 8.67. The summed E-state index contributed by atoms with van der Waals surface area (Å²) in [5, 5.41) is 7.14. The van der Waals surface area contributed by atoms with Gasteiger partial charge in [0.05, 0.1) is 0 Å². The van der Waals surface area contributed by atoms with E-state index in [1.807, 2.05) is 6.20 Å². The molecule has 69 valence electrons. The van der Waals surface area contributed by atoms with Crippen LogP contribution in [0.3, 0.4) is 0 Å². The van der Waals surface area contributed by atoms with E-state index in [-0.39, 0.29) is 0 Å². The highest BCUT2D eigenvalue weighted by molar-refractivity contribution is 5.27. The fraction of sp³-hybridized carbons (Fsp3) is 0.636. The monoisotopic (exact) mass is 175 g/mol. The Morgan fingerprint density at radius 3 is 2.77 bits per heavy atom. The number of H-pyrrole nitrogens is 1. The van der Waals surface area contributed by atoms with Crippen molar-refractivity contribution in [1.29, 1.82) is 0 Å². The molecule has 0 aliphatic heterocycles. The van der Waals surface area contributed by atoms with Crippen molar-refractivity contribution in [2.75, 3.05) is 0 Å². The number of aromatic amines is 1. The molecule has 1 heterocycles. The Hall–Kier alpha value is -0.790. The fourth-order valence-electron chi connectivity index (χ4n) is 2.00. The van der Waals surface area contributed by atoms with Crippen LogP contribution < -0.4 is 0 Å². The summed E-state index contributed by atoms with van der Waals surface area (Å²) in [6.45, 7) is 0. The van der Waals surface area contributed by atoms with Crippen LogP contribution in [0.15, 0.2) is 12.3 Å². The van der Waals surface area contributed by atoms with E-state index < -0.39 is 0 Å². The molecule has 1 N–H and O–H groups in total. The molecule has 2 aliphatic rings. The number of aromatic nitrogens is 2. The van der Waals surface area contributed by atoms with Gasteiger partial charge in [0.15, 0.2) is 0 Å². The van der Waals surface area contributed by atoms with Crippen molar-refractivity contribution < 1.29 is 0 Å². The molecule has 0 spiro atoms. The molecule has 0 aromatic carbocycles. The standard InChI is InChI=1S/C11H15N2/c1-2-8(1)7-10(9-3-4-9)11-5-6-12-13-11/h5-6,8-9H,1-4,7H2,(H,12,13). The van der Waals surface area contributed by atoms with Gasteiger partial charge in [0, 0.05) is 17.8 Å². The van der Waals surface area contributed by atoms with E-state index in [1.54, 1.807) is 5.92 Å². The number of hydrogen-bond acceptors (Lipinski definition) is 1. The van der Waals surface area contributed by atoms with Crippen LogP contribution in [0, 0.1) is 17.8 Å². The third kappa shape index (κ3) is 1.62. The molecule has 2 fully saturated rings. The van der Waals surface area contributed by atoms with E-state index in [4.69, 9.17) is 0 Å². The summed E-state index contributed by atoms with van der Waals surface area (Å²) in [5.74, 6) is 3.54. The molecule has 0 unspecified atom stereocenters. The molecule has 0 saturated heterocycles. The van der Waals surface area contributed by atoms with E-state index >= 15 is 0 Å². The molecular formula is C11H15N2. The Kier molecular flexibility index (Phi) is 1.67. The molecule has 1 radical (unpaired) electrons. The molecule has 2 aliphatic carbocycles. The van der Waals surface area contributed by atoms with Gasteiger partial charge in [-0.1, -0.05) is 12.8 Å². The zero-order valence-corrected chi connectivity index (χ0v) is 7.79. The van der Waals surface area contributed by atoms with Crippen molar-refractivity contribution in [2.45, 2.75) is 32.1 Å². The van der Waals surface area contributed by atoms with Crippen LogP contribution >= 0.6 is 0 Å². The highest BCUT2D eigenvalue weighted by Crippen LogP contribution is 2.48. The Morgan fingerprint density at radius 2 is 2.23 bits per heavy atom. The molecule has 2 nitrogen and oxygen atoms in total. The van der Waals surface area contributed by atoms with Gasteiger partial charge in [-0.25, -0.2) is 0 Å². The first kappa shape index (κ1) is 7.60. The van der Waals surface area contributed by atoms with Gasteiger partial charge in [-0.15, -0.1) is 0 Å². The predicted octanol–water partition coefficient (Wildman–Crippen LogP) is 2.54. The summed E-state index contributed by atoms with van der Waals surface area (Å²) in [5.41, 5.74) is 1.30. The Labute approximate surface area is 78.7 Å². The SMILES string of the molecule is c1cc([C](CC2CC2)C2CC2)[nH]n1. The minimum Gasteiger partial charge on any atom is -0.282 e. The smallest absolute Gasteiger partial charge is 0.0490 e. The lowest BCUT2D eigenvalue weighted by molar-refractivity contribution is 0.670. The van der Waals surface area contributed by atoms with E-state index in [2.05, 4.69) is 16.3 Å². The average molecular weight is 175 g/mol. The fourth-order valence-corrected chi connectivity index (χ4v) is 2.00. The van der Waals surface area contributed by atoms with Gasteiger partial charge in [0.1, 0.15) is 0 Å². The first-order chi connectivity index (χ1) is 6.43. The minimum absolute atomic E-state index is 0.890. The number of nitrogens with zero attached hydrogens (tertiary/aromatic N) is 1.